The molecular weight excluding hydrogens is 140 g/mol. The first-order valence-corrected chi connectivity index (χ1v) is 4.49. The molecule has 0 aromatic heterocycles. The Kier molecular flexibility index (Phi) is 1.72. The first-order chi connectivity index (χ1) is 5.27. The van der Waals surface area contributed by atoms with Gasteiger partial charge in [0.05, 0.1) is 6.10 Å². The maximum absolute atomic E-state index is 11.4. The van der Waals surface area contributed by atoms with Crippen LogP contribution in [0.1, 0.15) is 32.1 Å². The molecule has 0 saturated heterocycles. The van der Waals surface area contributed by atoms with Crippen molar-refractivity contribution in [3.05, 3.63) is 0 Å². The fourth-order valence-corrected chi connectivity index (χ4v) is 2.45. The van der Waals surface area contributed by atoms with Gasteiger partial charge in [0, 0.05) is 11.8 Å². The highest BCUT2D eigenvalue weighted by atomic mass is 16.3. The molecule has 0 spiro atoms. The SMILES string of the molecule is O=C1[C@@H]2CCC[C@H]1CC(O)C2. The quantitative estimate of drug-likeness (QED) is 0.568. The molecule has 0 aliphatic heterocycles. The van der Waals surface area contributed by atoms with Crippen LogP contribution in [0.3, 0.4) is 0 Å². The molecule has 0 heterocycles. The van der Waals surface area contributed by atoms with Crippen LogP contribution in [-0.2, 0) is 4.79 Å². The third-order valence-corrected chi connectivity index (χ3v) is 3.02. The van der Waals surface area contributed by atoms with Gasteiger partial charge in [0.1, 0.15) is 5.78 Å². The number of fused-ring (bicyclic) bond motifs is 2. The van der Waals surface area contributed by atoms with Gasteiger partial charge in [-0.25, -0.2) is 0 Å². The second-order valence-electron chi connectivity index (χ2n) is 3.85. The van der Waals surface area contributed by atoms with Crippen molar-refractivity contribution >= 4 is 5.78 Å². The van der Waals surface area contributed by atoms with Crippen molar-refractivity contribution < 1.29 is 9.90 Å². The average molecular weight is 154 g/mol. The normalized spacial score (nSPS) is 44.1. The van der Waals surface area contributed by atoms with Crippen LogP contribution in [0.25, 0.3) is 0 Å². The van der Waals surface area contributed by atoms with Crippen molar-refractivity contribution in [3.8, 4) is 0 Å². The molecule has 1 unspecified atom stereocenters. The van der Waals surface area contributed by atoms with Crippen molar-refractivity contribution in [2.24, 2.45) is 11.8 Å². The van der Waals surface area contributed by atoms with Gasteiger partial charge in [0.25, 0.3) is 0 Å². The highest BCUT2D eigenvalue weighted by Crippen LogP contribution is 2.36. The Hall–Kier alpha value is -0.370. The Morgan fingerprint density at radius 1 is 1.18 bits per heavy atom. The van der Waals surface area contributed by atoms with Crippen LogP contribution in [0.5, 0.6) is 0 Å². The fourth-order valence-electron chi connectivity index (χ4n) is 2.45. The molecule has 0 radical (unpaired) electrons. The number of hydrogen-bond acceptors (Lipinski definition) is 2. The summed E-state index contributed by atoms with van der Waals surface area (Å²) in [6, 6.07) is 0. The van der Waals surface area contributed by atoms with E-state index in [1.54, 1.807) is 0 Å². The molecule has 2 bridgehead atoms. The second kappa shape index (κ2) is 2.59. The zero-order chi connectivity index (χ0) is 7.84. The van der Waals surface area contributed by atoms with E-state index < -0.39 is 0 Å². The molecule has 62 valence electrons. The molecule has 2 aliphatic carbocycles. The van der Waals surface area contributed by atoms with E-state index in [9.17, 15) is 9.90 Å². The molecule has 0 aromatic rings. The van der Waals surface area contributed by atoms with Crippen molar-refractivity contribution in [2.75, 3.05) is 0 Å². The number of Topliss-reactive ketones (excluding diaryl/α,β-unsaturated/α-hetero) is 1. The maximum atomic E-state index is 11.4. The maximum Gasteiger partial charge on any atom is 0.139 e. The summed E-state index contributed by atoms with van der Waals surface area (Å²) in [6.45, 7) is 0. The van der Waals surface area contributed by atoms with Gasteiger partial charge < -0.3 is 5.11 Å². The minimum atomic E-state index is -0.192. The van der Waals surface area contributed by atoms with E-state index in [0.29, 0.717) is 5.78 Å². The Balaban J connectivity index is 2.13. The second-order valence-corrected chi connectivity index (χ2v) is 3.85. The monoisotopic (exact) mass is 154 g/mol. The van der Waals surface area contributed by atoms with Gasteiger partial charge in [-0.05, 0) is 25.7 Å². The molecule has 2 fully saturated rings. The number of aliphatic hydroxyl groups is 1. The molecule has 0 amide bonds. The highest BCUT2D eigenvalue weighted by Gasteiger charge is 2.37. The van der Waals surface area contributed by atoms with Crippen LogP contribution < -0.4 is 0 Å². The lowest BCUT2D eigenvalue weighted by Crippen LogP contribution is -2.38. The van der Waals surface area contributed by atoms with Gasteiger partial charge in [-0.3, -0.25) is 4.79 Å². The van der Waals surface area contributed by atoms with Crippen LogP contribution >= 0.6 is 0 Å². The van der Waals surface area contributed by atoms with Crippen molar-refractivity contribution in [1.29, 1.82) is 0 Å². The molecule has 1 N–H and O–H groups in total. The Morgan fingerprint density at radius 2 is 1.73 bits per heavy atom. The zero-order valence-corrected chi connectivity index (χ0v) is 6.62. The lowest BCUT2D eigenvalue weighted by molar-refractivity contribution is -0.135. The molecule has 2 rings (SSSR count). The minimum absolute atomic E-state index is 0.192. The number of carbonyl (C=O) groups excluding carboxylic acids is 1. The van der Waals surface area contributed by atoms with Crippen LogP contribution in [0.4, 0.5) is 0 Å². The van der Waals surface area contributed by atoms with Crippen LogP contribution in [0.15, 0.2) is 0 Å². The number of rotatable bonds is 0. The highest BCUT2D eigenvalue weighted by molar-refractivity contribution is 5.84. The first-order valence-electron chi connectivity index (χ1n) is 4.49. The van der Waals surface area contributed by atoms with Gasteiger partial charge in [0.15, 0.2) is 0 Å². The summed E-state index contributed by atoms with van der Waals surface area (Å²) in [4.78, 5) is 11.4. The van der Waals surface area contributed by atoms with Gasteiger partial charge in [-0.1, -0.05) is 6.42 Å². The topological polar surface area (TPSA) is 37.3 Å². The summed E-state index contributed by atoms with van der Waals surface area (Å²) < 4.78 is 0. The van der Waals surface area contributed by atoms with Gasteiger partial charge in [0.2, 0.25) is 0 Å². The van der Waals surface area contributed by atoms with E-state index in [4.69, 9.17) is 0 Å². The molecular formula is C9H14O2. The molecule has 2 nitrogen and oxygen atoms in total. The number of carbonyl (C=O) groups is 1. The molecule has 2 saturated carbocycles. The minimum Gasteiger partial charge on any atom is -0.393 e. The van der Waals surface area contributed by atoms with Crippen molar-refractivity contribution in [2.45, 2.75) is 38.2 Å². The third-order valence-electron chi connectivity index (χ3n) is 3.02. The summed E-state index contributed by atoms with van der Waals surface area (Å²) >= 11 is 0. The zero-order valence-electron chi connectivity index (χ0n) is 6.62. The first kappa shape index (κ1) is 7.29. The van der Waals surface area contributed by atoms with Crippen LogP contribution in [0.2, 0.25) is 0 Å². The summed E-state index contributed by atoms with van der Waals surface area (Å²) in [5.41, 5.74) is 0. The standard InChI is InChI=1S/C9H14O2/c10-8-4-6-2-1-3-7(5-8)9(6)11/h6-8,10H,1-5H2/t6-,7+,8?. The molecule has 2 aliphatic rings. The Labute approximate surface area is 66.6 Å². The summed E-state index contributed by atoms with van der Waals surface area (Å²) in [5, 5.41) is 9.38. The Morgan fingerprint density at radius 3 is 2.27 bits per heavy atom. The van der Waals surface area contributed by atoms with Crippen LogP contribution in [-0.4, -0.2) is 17.0 Å². The predicted molar refractivity (Wildman–Crippen MR) is 41.1 cm³/mol. The molecule has 11 heavy (non-hydrogen) atoms. The summed E-state index contributed by atoms with van der Waals surface area (Å²) in [5.74, 6) is 0.844. The van der Waals surface area contributed by atoms with Crippen molar-refractivity contribution in [3.63, 3.8) is 0 Å². The summed E-state index contributed by atoms with van der Waals surface area (Å²) in [6.07, 6.45) is 4.50. The lowest BCUT2D eigenvalue weighted by atomic mass is 9.70. The van der Waals surface area contributed by atoms with Crippen LogP contribution in [0, 0.1) is 11.8 Å². The van der Waals surface area contributed by atoms with E-state index in [2.05, 4.69) is 0 Å². The van der Waals surface area contributed by atoms with E-state index >= 15 is 0 Å². The predicted octanol–water partition coefficient (Wildman–Crippen LogP) is 1.13. The van der Waals surface area contributed by atoms with Gasteiger partial charge in [-0.15, -0.1) is 0 Å². The molecule has 0 aromatic carbocycles. The van der Waals surface area contributed by atoms with E-state index in [0.717, 1.165) is 25.7 Å². The number of hydrogen-bond donors (Lipinski definition) is 1. The molecule has 2 heteroatoms. The van der Waals surface area contributed by atoms with Gasteiger partial charge >= 0.3 is 0 Å². The largest absolute Gasteiger partial charge is 0.393 e. The fraction of sp³-hybridized carbons (Fsp3) is 0.889. The number of ketones is 1. The van der Waals surface area contributed by atoms with E-state index in [1.807, 2.05) is 0 Å². The third kappa shape index (κ3) is 1.20. The van der Waals surface area contributed by atoms with E-state index in [-0.39, 0.29) is 17.9 Å². The molecule has 3 atom stereocenters. The van der Waals surface area contributed by atoms with Crippen molar-refractivity contribution in [1.82, 2.24) is 0 Å². The number of aliphatic hydroxyl groups excluding tert-OH is 1. The van der Waals surface area contributed by atoms with E-state index in [1.165, 1.54) is 6.42 Å². The average Bonchev–Trinajstić information content (AvgIpc) is 1.92. The Bertz CT molecular complexity index is 160. The summed E-state index contributed by atoms with van der Waals surface area (Å²) in [7, 11) is 0. The van der Waals surface area contributed by atoms with Gasteiger partial charge in [-0.2, -0.15) is 0 Å². The smallest absolute Gasteiger partial charge is 0.139 e. The lowest BCUT2D eigenvalue weighted by Gasteiger charge is -2.35.